The number of nitrogen functional groups attached to an aromatic ring is 1. The number of nitrogens with two attached hydrogens (primary N) is 1. The Morgan fingerprint density at radius 1 is 1.33 bits per heavy atom. The maximum Gasteiger partial charge on any atom is 0.145 e. The van der Waals surface area contributed by atoms with E-state index in [2.05, 4.69) is 53.3 Å². The summed E-state index contributed by atoms with van der Waals surface area (Å²) in [6.07, 6.45) is 1.25. The number of hydrogen-bond acceptors (Lipinski definition) is 6. The molecule has 0 aromatic carbocycles. The Balaban J connectivity index is 2.02. The first-order valence-corrected chi connectivity index (χ1v) is 7.74. The van der Waals surface area contributed by atoms with Crippen LogP contribution in [0.3, 0.4) is 0 Å². The van der Waals surface area contributed by atoms with Crippen LogP contribution in [0.1, 0.15) is 39.9 Å². The van der Waals surface area contributed by atoms with Gasteiger partial charge in [0.05, 0.1) is 0 Å². The second-order valence-corrected chi connectivity index (χ2v) is 6.79. The van der Waals surface area contributed by atoms with E-state index in [9.17, 15) is 0 Å². The van der Waals surface area contributed by atoms with Gasteiger partial charge in [-0.25, -0.2) is 15.8 Å². The molecule has 1 saturated heterocycles. The minimum Gasteiger partial charge on any atom is -0.370 e. The second-order valence-electron chi connectivity index (χ2n) is 6.79. The summed E-state index contributed by atoms with van der Waals surface area (Å²) in [5, 5.41) is 3.45. The molecule has 1 aliphatic rings. The van der Waals surface area contributed by atoms with Gasteiger partial charge in [0.1, 0.15) is 17.5 Å². The highest BCUT2D eigenvalue weighted by Gasteiger charge is 2.22. The van der Waals surface area contributed by atoms with E-state index in [1.54, 1.807) is 0 Å². The van der Waals surface area contributed by atoms with E-state index in [-0.39, 0.29) is 5.41 Å². The Morgan fingerprint density at radius 2 is 2.05 bits per heavy atom. The molecule has 4 N–H and O–H groups in total. The Hall–Kier alpha value is -1.40. The number of likely N-dealkylation sites (tertiary alicyclic amines) is 1. The van der Waals surface area contributed by atoms with Crippen molar-refractivity contribution in [2.24, 2.45) is 11.8 Å². The van der Waals surface area contributed by atoms with E-state index in [1.165, 1.54) is 19.5 Å². The zero-order chi connectivity index (χ0) is 15.5. The van der Waals surface area contributed by atoms with Gasteiger partial charge in [-0.2, -0.15) is 0 Å². The first-order valence-electron chi connectivity index (χ1n) is 7.74. The van der Waals surface area contributed by atoms with E-state index in [0.29, 0.717) is 11.7 Å². The monoisotopic (exact) mass is 292 g/mol. The number of anilines is 2. The predicted octanol–water partition coefficient (Wildman–Crippen LogP) is 1.81. The summed E-state index contributed by atoms with van der Waals surface area (Å²) in [5.41, 5.74) is 2.52. The van der Waals surface area contributed by atoms with Crippen LogP contribution in [0.15, 0.2) is 6.07 Å². The SMILES string of the molecule is CCN1CCC(CNc2cc(NN)nc(C(C)(C)C)n2)C1. The van der Waals surface area contributed by atoms with Gasteiger partial charge >= 0.3 is 0 Å². The van der Waals surface area contributed by atoms with Crippen molar-refractivity contribution in [3.8, 4) is 0 Å². The summed E-state index contributed by atoms with van der Waals surface area (Å²) >= 11 is 0. The van der Waals surface area contributed by atoms with E-state index in [4.69, 9.17) is 5.84 Å². The van der Waals surface area contributed by atoms with Gasteiger partial charge in [-0.15, -0.1) is 0 Å². The van der Waals surface area contributed by atoms with Crippen LogP contribution in [-0.2, 0) is 5.41 Å². The molecule has 1 atom stereocenters. The van der Waals surface area contributed by atoms with Crippen molar-refractivity contribution in [2.75, 3.05) is 36.9 Å². The molecule has 1 fully saturated rings. The molecule has 0 radical (unpaired) electrons. The van der Waals surface area contributed by atoms with Gasteiger partial charge in [0.25, 0.3) is 0 Å². The van der Waals surface area contributed by atoms with Crippen LogP contribution in [0.5, 0.6) is 0 Å². The lowest BCUT2D eigenvalue weighted by molar-refractivity contribution is 0.345. The van der Waals surface area contributed by atoms with Crippen LogP contribution in [0, 0.1) is 5.92 Å². The molecule has 0 spiro atoms. The lowest BCUT2D eigenvalue weighted by Gasteiger charge is -2.19. The van der Waals surface area contributed by atoms with Crippen LogP contribution in [0.4, 0.5) is 11.6 Å². The highest BCUT2D eigenvalue weighted by atomic mass is 15.3. The highest BCUT2D eigenvalue weighted by Crippen LogP contribution is 2.23. The molecular formula is C15H28N6. The minimum atomic E-state index is -0.102. The minimum absolute atomic E-state index is 0.102. The molecule has 118 valence electrons. The third-order valence-corrected chi connectivity index (χ3v) is 3.93. The molecule has 0 saturated carbocycles. The standard InChI is InChI=1S/C15H28N6/c1-5-21-7-6-11(10-21)9-17-12-8-13(20-16)19-14(18-12)15(2,3)4/h8,11H,5-7,9-10,16H2,1-4H3,(H2,17,18,19,20). The second kappa shape index (κ2) is 6.58. The Bertz CT molecular complexity index is 468. The zero-order valence-corrected chi connectivity index (χ0v) is 13.6. The van der Waals surface area contributed by atoms with Crippen LogP contribution in [0.25, 0.3) is 0 Å². The number of rotatable bonds is 5. The Morgan fingerprint density at radius 3 is 2.62 bits per heavy atom. The molecule has 6 heteroatoms. The van der Waals surface area contributed by atoms with E-state index < -0.39 is 0 Å². The Labute approximate surface area is 127 Å². The number of aromatic nitrogens is 2. The van der Waals surface area contributed by atoms with E-state index in [0.717, 1.165) is 24.7 Å². The fourth-order valence-electron chi connectivity index (χ4n) is 2.56. The summed E-state index contributed by atoms with van der Waals surface area (Å²) in [6.45, 7) is 13.0. The summed E-state index contributed by atoms with van der Waals surface area (Å²) in [7, 11) is 0. The summed E-state index contributed by atoms with van der Waals surface area (Å²) in [6, 6.07) is 1.86. The molecule has 6 nitrogen and oxygen atoms in total. The van der Waals surface area contributed by atoms with Crippen LogP contribution in [0.2, 0.25) is 0 Å². The summed E-state index contributed by atoms with van der Waals surface area (Å²) in [4.78, 5) is 11.5. The van der Waals surface area contributed by atoms with Gasteiger partial charge in [-0.05, 0) is 25.4 Å². The van der Waals surface area contributed by atoms with Crippen LogP contribution in [-0.4, -0.2) is 41.0 Å². The van der Waals surface area contributed by atoms with Gasteiger partial charge < -0.3 is 15.6 Å². The van der Waals surface area contributed by atoms with Crippen molar-refractivity contribution in [3.05, 3.63) is 11.9 Å². The molecule has 21 heavy (non-hydrogen) atoms. The summed E-state index contributed by atoms with van der Waals surface area (Å²) < 4.78 is 0. The molecule has 0 bridgehead atoms. The molecule has 1 unspecified atom stereocenters. The van der Waals surface area contributed by atoms with Crippen molar-refractivity contribution in [2.45, 2.75) is 39.5 Å². The highest BCUT2D eigenvalue weighted by molar-refractivity contribution is 5.47. The van der Waals surface area contributed by atoms with Gasteiger partial charge in [0.2, 0.25) is 0 Å². The predicted molar refractivity (Wildman–Crippen MR) is 87.3 cm³/mol. The normalized spacial score (nSPS) is 19.8. The first-order chi connectivity index (χ1) is 9.92. The maximum absolute atomic E-state index is 5.51. The maximum atomic E-state index is 5.51. The van der Waals surface area contributed by atoms with E-state index in [1.807, 2.05) is 6.07 Å². The number of nitrogens with one attached hydrogen (secondary N) is 2. The Kier molecular flexibility index (Phi) is 5.00. The van der Waals surface area contributed by atoms with Gasteiger partial charge in [-0.1, -0.05) is 27.7 Å². The molecular weight excluding hydrogens is 264 g/mol. The van der Waals surface area contributed by atoms with E-state index >= 15 is 0 Å². The summed E-state index contributed by atoms with van der Waals surface area (Å²) in [5.74, 6) is 8.49. The molecule has 0 aliphatic carbocycles. The lowest BCUT2D eigenvalue weighted by atomic mass is 9.96. The largest absolute Gasteiger partial charge is 0.370 e. The molecule has 1 aromatic rings. The van der Waals surface area contributed by atoms with Crippen molar-refractivity contribution in [3.63, 3.8) is 0 Å². The first kappa shape index (κ1) is 16.0. The lowest BCUT2D eigenvalue weighted by Crippen LogP contribution is -2.24. The number of hydrogen-bond donors (Lipinski definition) is 3. The smallest absolute Gasteiger partial charge is 0.145 e. The van der Waals surface area contributed by atoms with Crippen molar-refractivity contribution >= 4 is 11.6 Å². The molecule has 1 aromatic heterocycles. The third-order valence-electron chi connectivity index (χ3n) is 3.93. The number of hydrazine groups is 1. The number of nitrogens with zero attached hydrogens (tertiary/aromatic N) is 3. The topological polar surface area (TPSA) is 79.1 Å². The van der Waals surface area contributed by atoms with Crippen molar-refractivity contribution in [1.29, 1.82) is 0 Å². The van der Waals surface area contributed by atoms with Gasteiger partial charge in [0.15, 0.2) is 0 Å². The average molecular weight is 292 g/mol. The third kappa shape index (κ3) is 4.28. The molecule has 2 heterocycles. The molecule has 2 rings (SSSR count). The quantitative estimate of drug-likeness (QED) is 0.567. The van der Waals surface area contributed by atoms with Crippen molar-refractivity contribution in [1.82, 2.24) is 14.9 Å². The van der Waals surface area contributed by atoms with Gasteiger partial charge in [-0.3, -0.25) is 0 Å². The molecule has 1 aliphatic heterocycles. The van der Waals surface area contributed by atoms with Crippen molar-refractivity contribution < 1.29 is 0 Å². The fourth-order valence-corrected chi connectivity index (χ4v) is 2.56. The van der Waals surface area contributed by atoms with Gasteiger partial charge in [0, 0.05) is 24.6 Å². The fraction of sp³-hybridized carbons (Fsp3) is 0.733. The van der Waals surface area contributed by atoms with Crippen LogP contribution < -0.4 is 16.6 Å². The average Bonchev–Trinajstić information content (AvgIpc) is 2.92. The molecule has 0 amide bonds. The zero-order valence-electron chi connectivity index (χ0n) is 13.6. The van der Waals surface area contributed by atoms with Crippen LogP contribution >= 0.6 is 0 Å².